The summed E-state index contributed by atoms with van der Waals surface area (Å²) in [4.78, 5) is 12.1. The van der Waals surface area contributed by atoms with Gasteiger partial charge < -0.3 is 11.1 Å². The Balaban J connectivity index is 2.28. The Morgan fingerprint density at radius 2 is 2.05 bits per heavy atom. The highest BCUT2D eigenvalue weighted by atomic mass is 35.5. The van der Waals surface area contributed by atoms with Crippen molar-refractivity contribution in [2.45, 2.75) is 6.92 Å². The largest absolute Gasteiger partial charge is 0.399 e. The number of carbonyl (C=O) groups excluding carboxylic acids is 1. The predicted molar refractivity (Wildman–Crippen MR) is 75.0 cm³/mol. The van der Waals surface area contributed by atoms with E-state index in [1.165, 1.54) is 24.3 Å². The van der Waals surface area contributed by atoms with Gasteiger partial charge in [0.05, 0.1) is 10.6 Å². The summed E-state index contributed by atoms with van der Waals surface area (Å²) in [5.41, 5.74) is 7.12. The van der Waals surface area contributed by atoms with Gasteiger partial charge in [-0.2, -0.15) is 0 Å². The molecule has 0 bridgehead atoms. The number of nitrogens with two attached hydrogens (primary N) is 1. The molecular formula is C14H12ClFN2O. The third kappa shape index (κ3) is 2.85. The van der Waals surface area contributed by atoms with Crippen molar-refractivity contribution in [1.82, 2.24) is 0 Å². The van der Waals surface area contributed by atoms with Crippen LogP contribution in [0.3, 0.4) is 0 Å². The number of amides is 1. The van der Waals surface area contributed by atoms with Crippen LogP contribution in [0.4, 0.5) is 15.8 Å². The van der Waals surface area contributed by atoms with Gasteiger partial charge in [-0.25, -0.2) is 4.39 Å². The van der Waals surface area contributed by atoms with Gasteiger partial charge in [0.1, 0.15) is 5.82 Å². The zero-order chi connectivity index (χ0) is 14.0. The first kappa shape index (κ1) is 13.4. The predicted octanol–water partition coefficient (Wildman–Crippen LogP) is 3.62. The third-order valence-corrected chi connectivity index (χ3v) is 3.07. The number of benzene rings is 2. The number of rotatable bonds is 2. The molecule has 0 unspecified atom stereocenters. The summed E-state index contributed by atoms with van der Waals surface area (Å²) >= 11 is 5.95. The van der Waals surface area contributed by atoms with Crippen LogP contribution in [-0.4, -0.2) is 5.91 Å². The van der Waals surface area contributed by atoms with E-state index in [-0.39, 0.29) is 10.8 Å². The quantitative estimate of drug-likeness (QED) is 0.824. The number of carbonyl (C=O) groups is 1. The Morgan fingerprint density at radius 3 is 2.74 bits per heavy atom. The lowest BCUT2D eigenvalue weighted by Gasteiger charge is -2.10. The molecule has 0 heterocycles. The summed E-state index contributed by atoms with van der Waals surface area (Å²) in [7, 11) is 0. The lowest BCUT2D eigenvalue weighted by molar-refractivity contribution is 0.102. The van der Waals surface area contributed by atoms with Crippen LogP contribution >= 0.6 is 11.6 Å². The van der Waals surface area contributed by atoms with Gasteiger partial charge in [-0.15, -0.1) is 0 Å². The summed E-state index contributed by atoms with van der Waals surface area (Å²) in [6, 6.07) is 9.10. The van der Waals surface area contributed by atoms with Crippen LogP contribution in [0, 0.1) is 12.7 Å². The van der Waals surface area contributed by atoms with Gasteiger partial charge in [0.2, 0.25) is 0 Å². The number of hydrogen-bond acceptors (Lipinski definition) is 2. The van der Waals surface area contributed by atoms with Crippen LogP contribution in [0.2, 0.25) is 5.02 Å². The molecule has 0 atom stereocenters. The van der Waals surface area contributed by atoms with E-state index in [0.29, 0.717) is 22.5 Å². The molecule has 0 aliphatic heterocycles. The third-order valence-electron chi connectivity index (χ3n) is 2.75. The van der Waals surface area contributed by atoms with Crippen molar-refractivity contribution >= 4 is 28.9 Å². The van der Waals surface area contributed by atoms with Gasteiger partial charge in [0.15, 0.2) is 0 Å². The molecule has 2 rings (SSSR count). The molecule has 2 aromatic carbocycles. The van der Waals surface area contributed by atoms with Crippen LogP contribution in [0.5, 0.6) is 0 Å². The van der Waals surface area contributed by atoms with Crippen LogP contribution in [-0.2, 0) is 0 Å². The minimum Gasteiger partial charge on any atom is -0.399 e. The van der Waals surface area contributed by atoms with Crippen molar-refractivity contribution in [2.75, 3.05) is 11.1 Å². The topological polar surface area (TPSA) is 55.1 Å². The molecule has 0 saturated carbocycles. The molecule has 98 valence electrons. The van der Waals surface area contributed by atoms with E-state index in [2.05, 4.69) is 5.32 Å². The maximum Gasteiger partial charge on any atom is 0.257 e. The summed E-state index contributed by atoms with van der Waals surface area (Å²) in [6.45, 7) is 1.59. The SMILES string of the molecule is Cc1c(F)cccc1NC(=O)c1ccc(N)cc1Cl. The van der Waals surface area contributed by atoms with Crippen LogP contribution in [0.25, 0.3) is 0 Å². The average molecular weight is 279 g/mol. The van der Waals surface area contributed by atoms with Gasteiger partial charge in [0.25, 0.3) is 5.91 Å². The number of anilines is 2. The monoisotopic (exact) mass is 278 g/mol. The average Bonchev–Trinajstić information content (AvgIpc) is 2.34. The van der Waals surface area contributed by atoms with E-state index in [4.69, 9.17) is 17.3 Å². The fraction of sp³-hybridized carbons (Fsp3) is 0.0714. The summed E-state index contributed by atoms with van der Waals surface area (Å²) in [5, 5.41) is 2.88. The van der Waals surface area contributed by atoms with E-state index in [1.54, 1.807) is 19.1 Å². The molecule has 0 saturated heterocycles. The summed E-state index contributed by atoms with van der Waals surface area (Å²) < 4.78 is 13.4. The number of hydrogen-bond donors (Lipinski definition) is 2. The molecule has 1 amide bonds. The minimum absolute atomic E-state index is 0.256. The van der Waals surface area contributed by atoms with Crippen molar-refractivity contribution in [1.29, 1.82) is 0 Å². The lowest BCUT2D eigenvalue weighted by atomic mass is 10.1. The zero-order valence-electron chi connectivity index (χ0n) is 10.2. The molecule has 5 heteroatoms. The molecule has 0 aromatic heterocycles. The van der Waals surface area contributed by atoms with Crippen molar-refractivity contribution in [2.24, 2.45) is 0 Å². The van der Waals surface area contributed by atoms with Crippen LogP contribution < -0.4 is 11.1 Å². The second-order valence-electron chi connectivity index (χ2n) is 4.11. The zero-order valence-corrected chi connectivity index (χ0v) is 11.0. The van der Waals surface area contributed by atoms with Crippen molar-refractivity contribution < 1.29 is 9.18 Å². The molecule has 0 aliphatic carbocycles. The molecular weight excluding hydrogens is 267 g/mol. The van der Waals surface area contributed by atoms with Crippen molar-refractivity contribution in [3.05, 3.63) is 58.4 Å². The second kappa shape index (κ2) is 5.28. The van der Waals surface area contributed by atoms with E-state index < -0.39 is 5.91 Å². The first-order chi connectivity index (χ1) is 8.99. The Kier molecular flexibility index (Phi) is 3.71. The molecule has 0 spiro atoms. The standard InChI is InChI=1S/C14H12ClFN2O/c1-8-12(16)3-2-4-13(8)18-14(19)10-6-5-9(17)7-11(10)15/h2-7H,17H2,1H3,(H,18,19). The van der Waals surface area contributed by atoms with Crippen molar-refractivity contribution in [3.63, 3.8) is 0 Å². The van der Waals surface area contributed by atoms with E-state index in [0.717, 1.165) is 0 Å². The van der Waals surface area contributed by atoms with Gasteiger partial charge in [-0.3, -0.25) is 4.79 Å². The minimum atomic E-state index is -0.404. The number of nitrogens with one attached hydrogen (secondary N) is 1. The fourth-order valence-electron chi connectivity index (χ4n) is 1.65. The van der Waals surface area contributed by atoms with Gasteiger partial charge >= 0.3 is 0 Å². The molecule has 0 fully saturated rings. The Bertz CT molecular complexity index is 643. The second-order valence-corrected chi connectivity index (χ2v) is 4.51. The Morgan fingerprint density at radius 1 is 1.32 bits per heavy atom. The highest BCUT2D eigenvalue weighted by molar-refractivity contribution is 6.34. The lowest BCUT2D eigenvalue weighted by Crippen LogP contribution is -2.13. The van der Waals surface area contributed by atoms with Gasteiger partial charge in [-0.05, 0) is 37.3 Å². The number of nitrogen functional groups attached to an aromatic ring is 1. The maximum absolute atomic E-state index is 13.4. The summed E-state index contributed by atoms with van der Waals surface area (Å²) in [5.74, 6) is -0.778. The van der Waals surface area contributed by atoms with Gasteiger partial charge in [-0.1, -0.05) is 17.7 Å². The fourth-order valence-corrected chi connectivity index (χ4v) is 1.92. The maximum atomic E-state index is 13.4. The number of halogens is 2. The normalized spacial score (nSPS) is 10.3. The van der Waals surface area contributed by atoms with Gasteiger partial charge in [0, 0.05) is 16.9 Å². The Hall–Kier alpha value is -2.07. The van der Waals surface area contributed by atoms with Crippen LogP contribution in [0.15, 0.2) is 36.4 Å². The van der Waals surface area contributed by atoms with E-state index in [1.807, 2.05) is 0 Å². The van der Waals surface area contributed by atoms with E-state index >= 15 is 0 Å². The van der Waals surface area contributed by atoms with Crippen LogP contribution in [0.1, 0.15) is 15.9 Å². The molecule has 0 aliphatic rings. The first-order valence-electron chi connectivity index (χ1n) is 5.60. The van der Waals surface area contributed by atoms with Crippen molar-refractivity contribution in [3.8, 4) is 0 Å². The summed E-state index contributed by atoms with van der Waals surface area (Å²) in [6.07, 6.45) is 0. The molecule has 3 N–H and O–H groups in total. The highest BCUT2D eigenvalue weighted by Crippen LogP contribution is 2.22. The van der Waals surface area contributed by atoms with E-state index in [9.17, 15) is 9.18 Å². The Labute approximate surface area is 115 Å². The molecule has 0 radical (unpaired) electrons. The molecule has 3 nitrogen and oxygen atoms in total. The molecule has 19 heavy (non-hydrogen) atoms. The smallest absolute Gasteiger partial charge is 0.257 e. The molecule has 2 aromatic rings. The first-order valence-corrected chi connectivity index (χ1v) is 5.98. The highest BCUT2D eigenvalue weighted by Gasteiger charge is 2.12.